The summed E-state index contributed by atoms with van der Waals surface area (Å²) in [5.74, 6) is -2.67. The number of nitrogens with zero attached hydrogens (tertiary/aromatic N) is 7. The third kappa shape index (κ3) is 14.1. The Kier molecular flexibility index (Phi) is 17.5. The molecule has 0 radical (unpaired) electrons. The van der Waals surface area contributed by atoms with Crippen LogP contribution in [0.5, 0.6) is 0 Å². The number of imidazole rings is 1. The molecule has 1 aliphatic rings. The van der Waals surface area contributed by atoms with Crippen LogP contribution in [-0.2, 0) is 32.0 Å². The third-order valence-electron chi connectivity index (χ3n) is 11.1. The number of thiazole rings is 1. The number of non-ortho nitro benzene ring substituents is 1. The summed E-state index contributed by atoms with van der Waals surface area (Å²) in [6.45, 7) is 8.60. The Hall–Kier alpha value is -6.32. The van der Waals surface area contributed by atoms with Crippen LogP contribution in [0.4, 0.5) is 21.3 Å². The topological polar surface area (TPSA) is 285 Å². The SMILES string of the molecule is CC(C)C[C@@H](c1csc(N)n1)N(C(=O)C[C@@H](O)CCC1CCCCC1)N(C(=O)[C@H](Cc1cn(-c2ccc([N+](=O)[O-])cc2[N+](=O)[O-])cn1)NC(=O)OC(C)(C)C)C(=O)[C@@H](N)Cc1ccccc1. The molecule has 6 N–H and O–H groups in total. The van der Waals surface area contributed by atoms with Crippen LogP contribution in [-0.4, -0.2) is 87.1 Å². The number of hydrogen-bond donors (Lipinski definition) is 4. The molecule has 2 aromatic carbocycles. The van der Waals surface area contributed by atoms with E-state index in [1.807, 2.05) is 13.8 Å². The maximum Gasteiger partial charge on any atom is 0.408 e. The maximum absolute atomic E-state index is 15.6. The van der Waals surface area contributed by atoms with Crippen molar-refractivity contribution < 1.29 is 38.9 Å². The Balaban J connectivity index is 1.64. The number of nitro benzene ring substituents is 2. The molecule has 0 unspecified atom stereocenters. The van der Waals surface area contributed by atoms with Gasteiger partial charge in [-0.1, -0.05) is 76.3 Å². The number of nitrogens with two attached hydrogens (primary N) is 2. The average molecular weight is 933 g/mol. The molecule has 20 nitrogen and oxygen atoms in total. The minimum absolute atomic E-state index is 0.0590. The van der Waals surface area contributed by atoms with E-state index in [1.165, 1.54) is 23.2 Å². The lowest BCUT2D eigenvalue weighted by Gasteiger charge is -2.41. The van der Waals surface area contributed by atoms with Gasteiger partial charge in [-0.2, -0.15) is 5.01 Å². The van der Waals surface area contributed by atoms with Crippen LogP contribution in [0.2, 0.25) is 0 Å². The zero-order valence-corrected chi connectivity index (χ0v) is 38.7. The first kappa shape index (κ1) is 50.7. The van der Waals surface area contributed by atoms with Crippen LogP contribution < -0.4 is 16.8 Å². The number of carbonyl (C=O) groups is 4. The molecule has 2 heterocycles. The molecule has 21 heteroatoms. The van der Waals surface area contributed by atoms with Crippen LogP contribution in [0, 0.1) is 32.1 Å². The number of rotatable bonds is 19. The quantitative estimate of drug-likeness (QED) is 0.0560. The summed E-state index contributed by atoms with van der Waals surface area (Å²) in [4.78, 5) is 90.1. The summed E-state index contributed by atoms with van der Waals surface area (Å²) >= 11 is 1.10. The minimum atomic E-state index is -1.71. The maximum atomic E-state index is 15.6. The number of benzene rings is 2. The fourth-order valence-electron chi connectivity index (χ4n) is 8.00. The van der Waals surface area contributed by atoms with E-state index in [0.29, 0.717) is 29.3 Å². The number of hydrazine groups is 1. The molecular formula is C45H60N10O10S. The first-order valence-electron chi connectivity index (χ1n) is 22.0. The number of alkyl carbamates (subject to hydrolysis) is 1. The molecule has 0 spiro atoms. The Labute approximate surface area is 387 Å². The van der Waals surface area contributed by atoms with Gasteiger partial charge in [0.15, 0.2) is 5.13 Å². The number of amides is 4. The molecule has 4 amide bonds. The highest BCUT2D eigenvalue weighted by Crippen LogP contribution is 2.34. The van der Waals surface area contributed by atoms with Gasteiger partial charge >= 0.3 is 6.09 Å². The Bertz CT molecular complexity index is 2330. The molecule has 4 atom stereocenters. The zero-order chi connectivity index (χ0) is 48.3. The van der Waals surface area contributed by atoms with E-state index in [9.17, 15) is 30.1 Å². The third-order valence-corrected chi connectivity index (χ3v) is 11.8. The van der Waals surface area contributed by atoms with E-state index in [1.54, 1.807) is 56.5 Å². The van der Waals surface area contributed by atoms with Crippen molar-refractivity contribution in [1.82, 2.24) is 29.9 Å². The summed E-state index contributed by atoms with van der Waals surface area (Å²) < 4.78 is 6.78. The second-order valence-electron chi connectivity index (χ2n) is 18.1. The number of nitro groups is 2. The van der Waals surface area contributed by atoms with Gasteiger partial charge in [0.2, 0.25) is 5.91 Å². The molecule has 1 aliphatic carbocycles. The van der Waals surface area contributed by atoms with Crippen molar-refractivity contribution in [3.63, 3.8) is 0 Å². The number of ether oxygens (including phenoxy) is 1. The second-order valence-corrected chi connectivity index (χ2v) is 19.0. The van der Waals surface area contributed by atoms with E-state index in [2.05, 4.69) is 15.3 Å². The van der Waals surface area contributed by atoms with Crippen molar-refractivity contribution in [2.75, 3.05) is 5.73 Å². The van der Waals surface area contributed by atoms with Crippen molar-refractivity contribution in [3.05, 3.63) is 104 Å². The number of aliphatic hydroxyl groups is 1. The summed E-state index contributed by atoms with van der Waals surface area (Å²) in [5, 5.41) is 40.9. The van der Waals surface area contributed by atoms with Gasteiger partial charge in [0.1, 0.15) is 17.3 Å². The van der Waals surface area contributed by atoms with Gasteiger partial charge in [-0.15, -0.1) is 11.3 Å². The summed E-state index contributed by atoms with van der Waals surface area (Å²) in [6, 6.07) is 7.64. The number of carbonyl (C=O) groups excluding carboxylic acids is 4. The fourth-order valence-corrected chi connectivity index (χ4v) is 8.61. The van der Waals surface area contributed by atoms with Gasteiger partial charge in [-0.3, -0.25) is 39.2 Å². The van der Waals surface area contributed by atoms with Crippen molar-refractivity contribution >= 4 is 51.7 Å². The highest BCUT2D eigenvalue weighted by molar-refractivity contribution is 7.13. The van der Waals surface area contributed by atoms with Crippen molar-refractivity contribution in [3.8, 4) is 5.69 Å². The van der Waals surface area contributed by atoms with E-state index in [0.717, 1.165) is 60.6 Å². The van der Waals surface area contributed by atoms with Gasteiger partial charge in [0.25, 0.3) is 23.2 Å². The van der Waals surface area contributed by atoms with Gasteiger partial charge in [0.05, 0.1) is 58.2 Å². The molecule has 2 aromatic heterocycles. The predicted molar refractivity (Wildman–Crippen MR) is 246 cm³/mol. The molecule has 0 aliphatic heterocycles. The number of imide groups is 1. The van der Waals surface area contributed by atoms with Crippen molar-refractivity contribution in [2.45, 2.75) is 135 Å². The van der Waals surface area contributed by atoms with Crippen LogP contribution in [0.15, 0.2) is 66.4 Å². The van der Waals surface area contributed by atoms with Crippen LogP contribution in [0.1, 0.15) is 115 Å². The largest absolute Gasteiger partial charge is 0.444 e. The average Bonchev–Trinajstić information content (AvgIpc) is 3.92. The standard InChI is InChI=1S/C45H60N10O10S/c1-28(2)20-38(36-26-66-43(47)49-36)52(40(57)24-33(56)18-16-29-12-8-6-9-13-29)53(41(58)34(46)21-30-14-10-7-11-15-30)42(59)35(50-44(60)65-45(3,4)5)22-31-25-51(27-48-31)37-19-17-32(54(61)62)23-39(37)55(63)64/h7,10-11,14-15,17,19,23,25-29,33-35,38,56H,6,8-9,12-13,16,18,20-22,24,46H2,1-5H3,(H2,47,49)(H,50,60)/t33-,34-,35-,38-/m0/s1. The highest BCUT2D eigenvalue weighted by Gasteiger charge is 2.44. The van der Waals surface area contributed by atoms with Gasteiger partial charge in [0, 0.05) is 24.1 Å². The zero-order valence-electron chi connectivity index (χ0n) is 37.9. The van der Waals surface area contributed by atoms with E-state index in [-0.39, 0.29) is 41.0 Å². The molecule has 66 heavy (non-hydrogen) atoms. The predicted octanol–water partition coefficient (Wildman–Crippen LogP) is 6.73. The molecule has 0 bridgehead atoms. The Morgan fingerprint density at radius 3 is 2.32 bits per heavy atom. The molecular weight excluding hydrogens is 873 g/mol. The van der Waals surface area contributed by atoms with E-state index in [4.69, 9.17) is 16.2 Å². The second kappa shape index (κ2) is 22.7. The summed E-state index contributed by atoms with van der Waals surface area (Å²) in [6.07, 6.45) is 5.87. The first-order chi connectivity index (χ1) is 31.2. The van der Waals surface area contributed by atoms with Crippen LogP contribution >= 0.6 is 11.3 Å². The lowest BCUT2D eigenvalue weighted by Crippen LogP contribution is -2.63. The van der Waals surface area contributed by atoms with E-state index >= 15 is 14.4 Å². The fraction of sp³-hybridized carbons (Fsp3) is 0.511. The van der Waals surface area contributed by atoms with E-state index < -0.39 is 87.7 Å². The van der Waals surface area contributed by atoms with Crippen molar-refractivity contribution in [2.24, 2.45) is 17.6 Å². The van der Waals surface area contributed by atoms with Gasteiger partial charge in [-0.05, 0) is 69.9 Å². The van der Waals surface area contributed by atoms with Crippen LogP contribution in [0.3, 0.4) is 0 Å². The molecule has 1 fully saturated rings. The number of anilines is 1. The number of aromatic nitrogens is 3. The summed E-state index contributed by atoms with van der Waals surface area (Å²) in [5.41, 5.74) is 11.6. The highest BCUT2D eigenvalue weighted by atomic mass is 32.1. The minimum Gasteiger partial charge on any atom is -0.444 e. The monoisotopic (exact) mass is 932 g/mol. The lowest BCUT2D eigenvalue weighted by atomic mass is 9.85. The number of hydrogen-bond acceptors (Lipinski definition) is 15. The summed E-state index contributed by atoms with van der Waals surface area (Å²) in [7, 11) is 0. The molecule has 1 saturated carbocycles. The Morgan fingerprint density at radius 2 is 1.71 bits per heavy atom. The first-order valence-corrected chi connectivity index (χ1v) is 22.9. The molecule has 4 aromatic rings. The smallest absolute Gasteiger partial charge is 0.408 e. The van der Waals surface area contributed by atoms with Crippen LogP contribution in [0.25, 0.3) is 5.69 Å². The number of nitrogen functional groups attached to an aromatic ring is 1. The molecule has 356 valence electrons. The van der Waals surface area contributed by atoms with Gasteiger partial charge in [-0.25, -0.2) is 19.8 Å². The number of nitrogens with one attached hydrogen (secondary N) is 1. The van der Waals surface area contributed by atoms with Crippen molar-refractivity contribution in [1.29, 1.82) is 0 Å². The normalized spacial score (nSPS) is 15.0. The lowest BCUT2D eigenvalue weighted by molar-refractivity contribution is -0.394. The molecule has 5 rings (SSSR count). The molecule has 0 saturated heterocycles. The number of aliphatic hydroxyl groups excluding tert-OH is 1. The van der Waals surface area contributed by atoms with Gasteiger partial charge < -0.3 is 26.6 Å². The Morgan fingerprint density at radius 1 is 1.02 bits per heavy atom.